The van der Waals surface area contributed by atoms with Gasteiger partial charge in [-0.2, -0.15) is 5.26 Å². The molecule has 4 rings (SSSR count). The molecule has 3 aromatic heterocycles. The molecule has 3 aromatic rings. The number of pyridine rings is 2. The van der Waals surface area contributed by atoms with E-state index in [1.54, 1.807) is 12.3 Å². The molecule has 0 spiro atoms. The number of nitriles is 1. The maximum Gasteiger partial charge on any atom is 0.163 e. The van der Waals surface area contributed by atoms with Gasteiger partial charge in [0.1, 0.15) is 6.07 Å². The molecular formula is C20H18N6. The number of nitrogens with zero attached hydrogens (tertiary/aromatic N) is 6. The number of anilines is 1. The summed E-state index contributed by atoms with van der Waals surface area (Å²) >= 11 is 0. The van der Waals surface area contributed by atoms with Gasteiger partial charge in [-0.05, 0) is 48.7 Å². The Bertz CT molecular complexity index is 1020. The highest BCUT2D eigenvalue weighted by Crippen LogP contribution is 2.28. The summed E-state index contributed by atoms with van der Waals surface area (Å²) in [5.74, 6) is 0.831. The van der Waals surface area contributed by atoms with Gasteiger partial charge in [0.05, 0.1) is 0 Å². The fourth-order valence-electron chi connectivity index (χ4n) is 3.37. The zero-order chi connectivity index (χ0) is 18.1. The van der Waals surface area contributed by atoms with Gasteiger partial charge >= 0.3 is 0 Å². The Kier molecular flexibility index (Phi) is 4.05. The van der Waals surface area contributed by atoms with E-state index < -0.39 is 0 Å². The second-order valence-electron chi connectivity index (χ2n) is 6.54. The van der Waals surface area contributed by atoms with Crippen molar-refractivity contribution in [3.63, 3.8) is 0 Å². The summed E-state index contributed by atoms with van der Waals surface area (Å²) in [7, 11) is 0. The van der Waals surface area contributed by atoms with E-state index in [9.17, 15) is 0 Å². The Morgan fingerprint density at radius 3 is 2.77 bits per heavy atom. The second-order valence-corrected chi connectivity index (χ2v) is 6.54. The molecule has 6 nitrogen and oxygen atoms in total. The van der Waals surface area contributed by atoms with Crippen molar-refractivity contribution in [3.8, 4) is 17.2 Å². The molecule has 0 N–H and O–H groups in total. The van der Waals surface area contributed by atoms with Gasteiger partial charge in [-0.3, -0.25) is 9.97 Å². The van der Waals surface area contributed by atoms with Crippen LogP contribution in [-0.2, 0) is 13.0 Å². The van der Waals surface area contributed by atoms with Crippen molar-refractivity contribution in [1.82, 2.24) is 20.2 Å². The van der Waals surface area contributed by atoms with E-state index in [2.05, 4.69) is 38.1 Å². The van der Waals surface area contributed by atoms with E-state index in [1.807, 2.05) is 31.5 Å². The molecule has 0 radical (unpaired) electrons. The van der Waals surface area contributed by atoms with E-state index in [0.717, 1.165) is 47.7 Å². The van der Waals surface area contributed by atoms with Crippen LogP contribution < -0.4 is 4.90 Å². The second kappa shape index (κ2) is 6.52. The lowest BCUT2D eigenvalue weighted by atomic mass is 9.99. The van der Waals surface area contributed by atoms with E-state index >= 15 is 0 Å². The molecule has 0 saturated carbocycles. The topological polar surface area (TPSA) is 78.6 Å². The molecule has 0 aliphatic carbocycles. The monoisotopic (exact) mass is 342 g/mol. The van der Waals surface area contributed by atoms with Gasteiger partial charge < -0.3 is 4.90 Å². The molecule has 0 atom stereocenters. The van der Waals surface area contributed by atoms with Crippen molar-refractivity contribution < 1.29 is 0 Å². The quantitative estimate of drug-likeness (QED) is 0.712. The van der Waals surface area contributed by atoms with E-state index in [0.29, 0.717) is 5.69 Å². The summed E-state index contributed by atoms with van der Waals surface area (Å²) in [6.07, 6.45) is 6.49. The van der Waals surface area contributed by atoms with Crippen LogP contribution >= 0.6 is 0 Å². The smallest absolute Gasteiger partial charge is 0.163 e. The Morgan fingerprint density at radius 2 is 2.00 bits per heavy atom. The average Bonchev–Trinajstić information content (AvgIpc) is 2.67. The molecule has 26 heavy (non-hydrogen) atoms. The first-order chi connectivity index (χ1) is 12.7. The van der Waals surface area contributed by atoms with Gasteiger partial charge in [-0.1, -0.05) is 0 Å². The highest BCUT2D eigenvalue weighted by atomic mass is 15.3. The molecule has 0 aromatic carbocycles. The summed E-state index contributed by atoms with van der Waals surface area (Å²) in [5.41, 5.74) is 7.01. The summed E-state index contributed by atoms with van der Waals surface area (Å²) in [6, 6.07) is 8.03. The van der Waals surface area contributed by atoms with Crippen LogP contribution in [0.25, 0.3) is 11.1 Å². The molecule has 128 valence electrons. The Balaban J connectivity index is 1.67. The molecular weight excluding hydrogens is 324 g/mol. The lowest BCUT2D eigenvalue weighted by molar-refractivity contribution is 0.693. The normalized spacial score (nSPS) is 13.2. The zero-order valence-electron chi connectivity index (χ0n) is 14.8. The summed E-state index contributed by atoms with van der Waals surface area (Å²) < 4.78 is 0. The first-order valence-electron chi connectivity index (χ1n) is 8.54. The predicted molar refractivity (Wildman–Crippen MR) is 98.4 cm³/mol. The van der Waals surface area contributed by atoms with Crippen molar-refractivity contribution in [2.75, 3.05) is 11.4 Å². The minimum atomic E-state index is 0.347. The summed E-state index contributed by atoms with van der Waals surface area (Å²) in [5, 5.41) is 17.2. The fraction of sp³-hybridized carbons (Fsp3) is 0.250. The average molecular weight is 342 g/mol. The van der Waals surface area contributed by atoms with Crippen LogP contribution in [0.15, 0.2) is 36.8 Å². The Hall–Kier alpha value is -3.33. The minimum Gasteiger partial charge on any atom is -0.350 e. The molecule has 0 bridgehead atoms. The number of hydrogen-bond acceptors (Lipinski definition) is 6. The SMILES string of the molecule is Cc1ccncc1-c1cnc2c(c1)CN(c1nnc(C#N)cc1C)CC2. The zero-order valence-corrected chi connectivity index (χ0v) is 14.8. The molecule has 0 amide bonds. The molecule has 4 heterocycles. The number of hydrogen-bond donors (Lipinski definition) is 0. The van der Waals surface area contributed by atoms with Crippen LogP contribution in [0.2, 0.25) is 0 Å². The lowest BCUT2D eigenvalue weighted by Crippen LogP contribution is -2.32. The number of rotatable bonds is 2. The third-order valence-corrected chi connectivity index (χ3v) is 4.76. The highest BCUT2D eigenvalue weighted by Gasteiger charge is 2.21. The molecule has 1 aliphatic heterocycles. The van der Waals surface area contributed by atoms with Crippen molar-refractivity contribution >= 4 is 5.82 Å². The molecule has 6 heteroatoms. The van der Waals surface area contributed by atoms with Crippen molar-refractivity contribution in [2.45, 2.75) is 26.8 Å². The molecule has 0 unspecified atom stereocenters. The third kappa shape index (κ3) is 2.88. The van der Waals surface area contributed by atoms with Gasteiger partial charge in [0.2, 0.25) is 0 Å². The van der Waals surface area contributed by atoms with E-state index in [1.165, 1.54) is 11.1 Å². The number of aromatic nitrogens is 4. The summed E-state index contributed by atoms with van der Waals surface area (Å²) in [4.78, 5) is 11.1. The van der Waals surface area contributed by atoms with Crippen molar-refractivity contribution in [2.24, 2.45) is 0 Å². The predicted octanol–water partition coefficient (Wildman–Crippen LogP) is 2.98. The first-order valence-corrected chi connectivity index (χ1v) is 8.54. The first kappa shape index (κ1) is 16.2. The maximum atomic E-state index is 8.98. The molecule has 1 aliphatic rings. The van der Waals surface area contributed by atoms with E-state index in [4.69, 9.17) is 5.26 Å². The number of fused-ring (bicyclic) bond motifs is 1. The van der Waals surface area contributed by atoms with Crippen LogP contribution in [0.4, 0.5) is 5.82 Å². The Labute approximate surface area is 152 Å². The maximum absolute atomic E-state index is 8.98. The van der Waals surface area contributed by atoms with Crippen molar-refractivity contribution in [1.29, 1.82) is 5.26 Å². The van der Waals surface area contributed by atoms with Crippen LogP contribution in [0.1, 0.15) is 28.1 Å². The lowest BCUT2D eigenvalue weighted by Gasteiger charge is -2.30. The van der Waals surface area contributed by atoms with Crippen molar-refractivity contribution in [3.05, 3.63) is 64.9 Å². The Morgan fingerprint density at radius 1 is 1.12 bits per heavy atom. The standard InChI is InChI=1S/C20H18N6/c1-13-3-5-22-11-18(13)15-8-16-12-26(6-4-19(16)23-10-15)20-14(2)7-17(9-21)24-25-20/h3,5,7-8,10-11H,4,6,12H2,1-2H3. The van der Waals surface area contributed by atoms with Crippen LogP contribution in [0.3, 0.4) is 0 Å². The number of aryl methyl sites for hydroxylation is 2. The van der Waals surface area contributed by atoms with Crippen LogP contribution in [0, 0.1) is 25.2 Å². The third-order valence-electron chi connectivity index (χ3n) is 4.76. The van der Waals surface area contributed by atoms with Gasteiger partial charge in [0, 0.05) is 54.9 Å². The van der Waals surface area contributed by atoms with Gasteiger partial charge in [0.25, 0.3) is 0 Å². The minimum absolute atomic E-state index is 0.347. The van der Waals surface area contributed by atoms with Crippen LogP contribution in [0.5, 0.6) is 0 Å². The van der Waals surface area contributed by atoms with E-state index in [-0.39, 0.29) is 0 Å². The molecule has 0 fully saturated rings. The fourth-order valence-corrected chi connectivity index (χ4v) is 3.37. The van der Waals surface area contributed by atoms with Gasteiger partial charge in [0.15, 0.2) is 11.5 Å². The van der Waals surface area contributed by atoms with Crippen LogP contribution in [-0.4, -0.2) is 26.7 Å². The largest absolute Gasteiger partial charge is 0.350 e. The van der Waals surface area contributed by atoms with Gasteiger partial charge in [-0.25, -0.2) is 0 Å². The van der Waals surface area contributed by atoms with Gasteiger partial charge in [-0.15, -0.1) is 10.2 Å². The molecule has 0 saturated heterocycles. The summed E-state index contributed by atoms with van der Waals surface area (Å²) in [6.45, 7) is 5.62. The highest BCUT2D eigenvalue weighted by molar-refractivity contribution is 5.66.